The number of sulfonamides is 1. The maximum atomic E-state index is 15.2. The van der Waals surface area contributed by atoms with E-state index in [1.54, 1.807) is 28.6 Å². The monoisotopic (exact) mass is 586 g/mol. The van der Waals surface area contributed by atoms with E-state index in [-0.39, 0.29) is 41.4 Å². The smallest absolute Gasteiger partial charge is 0.241 e. The Balaban J connectivity index is 1.21. The molecule has 2 aromatic carbocycles. The number of piperazine rings is 1. The minimum Gasteiger partial charge on any atom is -0.324 e. The second-order valence-electron chi connectivity index (χ2n) is 12.8. The molecule has 0 spiro atoms. The zero-order valence-electron chi connectivity index (χ0n) is 23.7. The molecule has 0 aromatic heterocycles. The van der Waals surface area contributed by atoms with Crippen LogP contribution in [0.1, 0.15) is 56.1 Å². The SMILES string of the molecule is CC1C2CC1(C(c1ccc(F)cc1)C(N)C(=O)Nc1cccc(F)c1CCC1CN(C)C3CCCS(=O)(=O)N1C3)C2. The van der Waals surface area contributed by atoms with Crippen LogP contribution in [0.4, 0.5) is 14.5 Å². The number of nitrogens with zero attached hydrogens (tertiary/aromatic N) is 2. The number of likely N-dealkylation sites (N-methyl/N-ethyl adjacent to an activating group) is 1. The van der Waals surface area contributed by atoms with Gasteiger partial charge in [-0.05, 0) is 92.7 Å². The number of hydrogen-bond donors (Lipinski definition) is 2. The first-order valence-corrected chi connectivity index (χ1v) is 16.4. The van der Waals surface area contributed by atoms with Gasteiger partial charge in [-0.2, -0.15) is 4.31 Å². The molecule has 2 saturated heterocycles. The molecular formula is C31H40F2N4O3S. The van der Waals surface area contributed by atoms with Gasteiger partial charge in [0.05, 0.1) is 11.8 Å². The van der Waals surface area contributed by atoms with Crippen LogP contribution in [-0.4, -0.2) is 67.5 Å². The van der Waals surface area contributed by atoms with Crippen molar-refractivity contribution in [1.82, 2.24) is 9.21 Å². The van der Waals surface area contributed by atoms with Crippen LogP contribution >= 0.6 is 0 Å². The second kappa shape index (κ2) is 10.7. The summed E-state index contributed by atoms with van der Waals surface area (Å²) in [5.41, 5.74) is 8.14. The average molecular weight is 587 g/mol. The van der Waals surface area contributed by atoms with Crippen molar-refractivity contribution in [3.8, 4) is 0 Å². The third-order valence-corrected chi connectivity index (χ3v) is 12.7. The Morgan fingerprint density at radius 1 is 1.15 bits per heavy atom. The molecule has 2 aromatic rings. The molecule has 10 heteroatoms. The van der Waals surface area contributed by atoms with Crippen LogP contribution in [0.15, 0.2) is 42.5 Å². The number of amides is 1. The Morgan fingerprint density at radius 2 is 1.88 bits per heavy atom. The molecular weight excluding hydrogens is 546 g/mol. The van der Waals surface area contributed by atoms with E-state index in [0.717, 1.165) is 24.8 Å². The summed E-state index contributed by atoms with van der Waals surface area (Å²) < 4.78 is 56.5. The van der Waals surface area contributed by atoms with Crippen LogP contribution < -0.4 is 11.1 Å². The van der Waals surface area contributed by atoms with Gasteiger partial charge in [0.25, 0.3) is 0 Å². The third kappa shape index (κ3) is 5.00. The van der Waals surface area contributed by atoms with E-state index in [4.69, 9.17) is 5.73 Å². The number of anilines is 1. The van der Waals surface area contributed by atoms with Gasteiger partial charge in [-0.15, -0.1) is 0 Å². The molecule has 2 aliphatic heterocycles. The highest BCUT2D eigenvalue weighted by Crippen LogP contribution is 2.74. The minimum absolute atomic E-state index is 0.0897. The largest absolute Gasteiger partial charge is 0.324 e. The Labute approximate surface area is 241 Å². The van der Waals surface area contributed by atoms with Crippen molar-refractivity contribution in [2.75, 3.05) is 31.2 Å². The standard InChI is InChI=1S/C31H40F2N4O3S/c1-19-21-15-31(19,16-21)28(20-8-10-22(32)11-9-20)29(34)30(38)35-27-7-3-6-26(33)25(27)13-12-24-17-36(2)23-5-4-14-41(39,40)37(24)18-23/h3,6-11,19,21,23-24,28-29H,4-5,12-18,34H2,1-2H3,(H,35,38). The topological polar surface area (TPSA) is 95.7 Å². The first-order chi connectivity index (χ1) is 19.5. The van der Waals surface area contributed by atoms with Crippen LogP contribution in [0.5, 0.6) is 0 Å². The number of halogens is 2. The number of rotatable bonds is 8. The van der Waals surface area contributed by atoms with Gasteiger partial charge in [-0.1, -0.05) is 25.1 Å². The first-order valence-electron chi connectivity index (χ1n) is 14.8. The molecule has 6 atom stereocenters. The molecule has 3 aliphatic carbocycles. The van der Waals surface area contributed by atoms with Crippen LogP contribution in [0.3, 0.4) is 0 Å². The summed E-state index contributed by atoms with van der Waals surface area (Å²) in [4.78, 5) is 15.9. The molecule has 5 aliphatic rings. The molecule has 6 unspecified atom stereocenters. The van der Waals surface area contributed by atoms with Crippen molar-refractivity contribution in [3.05, 3.63) is 65.2 Å². The summed E-state index contributed by atoms with van der Waals surface area (Å²) in [5, 5.41) is 2.91. The molecule has 222 valence electrons. The average Bonchev–Trinajstić information content (AvgIpc) is 3.05. The van der Waals surface area contributed by atoms with Gasteiger partial charge >= 0.3 is 0 Å². The van der Waals surface area contributed by atoms with E-state index in [1.165, 1.54) is 18.2 Å². The number of nitrogens with one attached hydrogen (secondary N) is 1. The lowest BCUT2D eigenvalue weighted by Crippen LogP contribution is -2.66. The third-order valence-electron chi connectivity index (χ3n) is 10.7. The highest BCUT2D eigenvalue weighted by Gasteiger charge is 2.67. The number of benzene rings is 2. The molecule has 2 heterocycles. The molecule has 41 heavy (non-hydrogen) atoms. The van der Waals surface area contributed by atoms with Crippen molar-refractivity contribution in [3.63, 3.8) is 0 Å². The molecule has 4 bridgehead atoms. The second-order valence-corrected chi connectivity index (χ2v) is 14.9. The maximum absolute atomic E-state index is 15.2. The molecule has 0 radical (unpaired) electrons. The Kier molecular flexibility index (Phi) is 7.49. The van der Waals surface area contributed by atoms with Crippen molar-refractivity contribution in [2.45, 2.75) is 69.5 Å². The van der Waals surface area contributed by atoms with E-state index in [0.29, 0.717) is 49.0 Å². The molecule has 1 amide bonds. The Morgan fingerprint density at radius 3 is 2.54 bits per heavy atom. The van der Waals surface area contributed by atoms with Gasteiger partial charge < -0.3 is 16.0 Å². The summed E-state index contributed by atoms with van der Waals surface area (Å²) >= 11 is 0. The van der Waals surface area contributed by atoms with Gasteiger partial charge in [0.15, 0.2) is 0 Å². The zero-order chi connectivity index (χ0) is 29.1. The number of carbonyl (C=O) groups is 1. The highest BCUT2D eigenvalue weighted by atomic mass is 32.2. The summed E-state index contributed by atoms with van der Waals surface area (Å²) in [6.45, 7) is 3.25. The van der Waals surface area contributed by atoms with Crippen molar-refractivity contribution < 1.29 is 22.0 Å². The quantitative estimate of drug-likeness (QED) is 0.486. The summed E-state index contributed by atoms with van der Waals surface area (Å²) in [7, 11) is -1.35. The lowest BCUT2D eigenvalue weighted by Gasteiger charge is -2.71. The van der Waals surface area contributed by atoms with Gasteiger partial charge in [-0.3, -0.25) is 4.79 Å². The number of nitrogens with two attached hydrogens (primary N) is 1. The highest BCUT2D eigenvalue weighted by molar-refractivity contribution is 7.89. The fourth-order valence-corrected chi connectivity index (χ4v) is 9.87. The lowest BCUT2D eigenvalue weighted by molar-refractivity contribution is -0.201. The predicted molar refractivity (Wildman–Crippen MR) is 155 cm³/mol. The van der Waals surface area contributed by atoms with E-state index in [2.05, 4.69) is 17.1 Å². The molecule has 5 fully saturated rings. The van der Waals surface area contributed by atoms with E-state index in [9.17, 15) is 17.6 Å². The summed E-state index contributed by atoms with van der Waals surface area (Å²) in [6, 6.07) is 9.88. The van der Waals surface area contributed by atoms with E-state index in [1.807, 2.05) is 7.05 Å². The van der Waals surface area contributed by atoms with Gasteiger partial charge in [0, 0.05) is 42.3 Å². The van der Waals surface area contributed by atoms with Crippen LogP contribution in [0.2, 0.25) is 0 Å². The van der Waals surface area contributed by atoms with Crippen LogP contribution in [0.25, 0.3) is 0 Å². The Hall–Kier alpha value is -2.40. The number of fused-ring (bicyclic) bond motifs is 2. The lowest BCUT2D eigenvalue weighted by atomic mass is 9.33. The fraction of sp³-hybridized carbons (Fsp3) is 0.581. The molecule has 3 saturated carbocycles. The van der Waals surface area contributed by atoms with Crippen LogP contribution in [-0.2, 0) is 21.2 Å². The minimum atomic E-state index is -3.37. The maximum Gasteiger partial charge on any atom is 0.241 e. The molecule has 7 nitrogen and oxygen atoms in total. The normalized spacial score (nSPS) is 33.5. The predicted octanol–water partition coefficient (Wildman–Crippen LogP) is 4.10. The summed E-state index contributed by atoms with van der Waals surface area (Å²) in [5.74, 6) is -0.246. The van der Waals surface area contributed by atoms with E-state index < -0.39 is 27.8 Å². The van der Waals surface area contributed by atoms with Crippen molar-refractivity contribution in [1.29, 1.82) is 0 Å². The van der Waals surface area contributed by atoms with E-state index >= 15 is 4.39 Å². The summed E-state index contributed by atoms with van der Waals surface area (Å²) in [6.07, 6.45) is 4.20. The molecule has 3 N–H and O–H groups in total. The van der Waals surface area contributed by atoms with Gasteiger partial charge in [-0.25, -0.2) is 17.2 Å². The fourth-order valence-electron chi connectivity index (χ4n) is 8.08. The number of carbonyl (C=O) groups excluding carboxylic acids is 1. The Bertz CT molecular complexity index is 1410. The van der Waals surface area contributed by atoms with Gasteiger partial charge in [0.1, 0.15) is 11.6 Å². The van der Waals surface area contributed by atoms with Gasteiger partial charge in [0.2, 0.25) is 15.9 Å². The van der Waals surface area contributed by atoms with Crippen molar-refractivity contribution >= 4 is 21.6 Å². The zero-order valence-corrected chi connectivity index (χ0v) is 24.5. The first kappa shape index (κ1) is 28.7. The van der Waals surface area contributed by atoms with Crippen LogP contribution in [0, 0.1) is 28.9 Å². The van der Waals surface area contributed by atoms with Crippen molar-refractivity contribution in [2.24, 2.45) is 23.0 Å². The molecule has 7 rings (SSSR count). The number of hydrogen-bond acceptors (Lipinski definition) is 5.